The van der Waals surface area contributed by atoms with Gasteiger partial charge in [-0.1, -0.05) is 30.1 Å². The highest BCUT2D eigenvalue weighted by Gasteiger charge is 2.31. The molecule has 0 saturated heterocycles. The van der Waals surface area contributed by atoms with Gasteiger partial charge in [-0.3, -0.25) is 0 Å². The highest BCUT2D eigenvalue weighted by molar-refractivity contribution is 6.33. The molecule has 0 aliphatic rings. The zero-order valence-corrected chi connectivity index (χ0v) is 11.3. The second-order valence-corrected chi connectivity index (χ2v) is 4.86. The van der Waals surface area contributed by atoms with Crippen LogP contribution in [0.1, 0.15) is 18.9 Å². The minimum atomic E-state index is -4.20. The van der Waals surface area contributed by atoms with Gasteiger partial charge in [-0.25, -0.2) is 0 Å². The summed E-state index contributed by atoms with van der Waals surface area (Å²) in [6, 6.07) is 4.12. The normalized spacial score (nSPS) is 13.7. The Morgan fingerprint density at radius 3 is 2.50 bits per heavy atom. The van der Waals surface area contributed by atoms with Crippen molar-refractivity contribution in [1.29, 1.82) is 0 Å². The highest BCUT2D eigenvalue weighted by atomic mass is 35.5. The molecule has 0 heterocycles. The van der Waals surface area contributed by atoms with E-state index >= 15 is 0 Å². The summed E-state index contributed by atoms with van der Waals surface area (Å²) in [5, 5.41) is 3.72. The zero-order valence-electron chi connectivity index (χ0n) is 9.82. The average Bonchev–Trinajstić information content (AvgIpc) is 2.21. The van der Waals surface area contributed by atoms with Gasteiger partial charge in [0.1, 0.15) is 0 Å². The Bertz CT molecular complexity index is 393. The molecule has 1 aromatic rings. The number of rotatable bonds is 5. The van der Waals surface area contributed by atoms with Crippen LogP contribution in [0.5, 0.6) is 0 Å². The summed E-state index contributed by atoms with van der Waals surface area (Å²) >= 11 is 11.8. The Kier molecular flexibility index (Phi) is 5.76. The van der Waals surface area contributed by atoms with Crippen LogP contribution in [0.3, 0.4) is 0 Å². The molecule has 1 nitrogen and oxygen atoms in total. The summed E-state index contributed by atoms with van der Waals surface area (Å²) in [6.45, 7) is 2.24. The van der Waals surface area contributed by atoms with Crippen LogP contribution in [-0.2, 0) is 6.42 Å². The number of hydrogen-bond donors (Lipinski definition) is 1. The SMILES string of the molecule is CCNC(Cc1cc(Cl)ccc1Cl)CC(F)(F)F. The highest BCUT2D eigenvalue weighted by Crippen LogP contribution is 2.26. The smallest absolute Gasteiger partial charge is 0.314 e. The molecule has 0 amide bonds. The summed E-state index contributed by atoms with van der Waals surface area (Å²) < 4.78 is 37.2. The first-order valence-corrected chi connectivity index (χ1v) is 6.31. The molecule has 0 fully saturated rings. The zero-order chi connectivity index (χ0) is 13.8. The molecule has 102 valence electrons. The molecule has 0 aliphatic heterocycles. The van der Waals surface area contributed by atoms with E-state index in [0.29, 0.717) is 22.2 Å². The first-order chi connectivity index (χ1) is 8.31. The lowest BCUT2D eigenvalue weighted by atomic mass is 10.0. The van der Waals surface area contributed by atoms with Crippen LogP contribution in [0.25, 0.3) is 0 Å². The van der Waals surface area contributed by atoms with Crippen LogP contribution in [-0.4, -0.2) is 18.8 Å². The summed E-state index contributed by atoms with van der Waals surface area (Å²) in [5.74, 6) is 0. The van der Waals surface area contributed by atoms with Crippen molar-refractivity contribution in [2.45, 2.75) is 32.0 Å². The van der Waals surface area contributed by atoms with Gasteiger partial charge < -0.3 is 5.32 Å². The maximum absolute atomic E-state index is 12.4. The Morgan fingerprint density at radius 1 is 1.28 bits per heavy atom. The minimum Gasteiger partial charge on any atom is -0.314 e. The number of benzene rings is 1. The summed E-state index contributed by atoms with van der Waals surface area (Å²) in [7, 11) is 0. The summed E-state index contributed by atoms with van der Waals surface area (Å²) in [5.41, 5.74) is 0.624. The summed E-state index contributed by atoms with van der Waals surface area (Å²) in [4.78, 5) is 0. The van der Waals surface area contributed by atoms with Gasteiger partial charge in [-0.15, -0.1) is 0 Å². The average molecular weight is 300 g/mol. The van der Waals surface area contributed by atoms with Crippen molar-refractivity contribution in [3.63, 3.8) is 0 Å². The number of alkyl halides is 3. The Morgan fingerprint density at radius 2 is 1.94 bits per heavy atom. The standard InChI is InChI=1S/C12H14Cl2F3N/c1-2-18-10(7-12(15,16)17)6-8-5-9(13)3-4-11(8)14/h3-5,10,18H,2,6-7H2,1H3. The predicted molar refractivity (Wildman–Crippen MR) is 68.3 cm³/mol. The molecule has 1 N–H and O–H groups in total. The van der Waals surface area contributed by atoms with Crippen molar-refractivity contribution in [3.05, 3.63) is 33.8 Å². The second-order valence-electron chi connectivity index (χ2n) is 4.01. The van der Waals surface area contributed by atoms with Crippen molar-refractivity contribution >= 4 is 23.2 Å². The van der Waals surface area contributed by atoms with E-state index in [1.54, 1.807) is 25.1 Å². The third kappa shape index (κ3) is 5.46. The maximum Gasteiger partial charge on any atom is 0.390 e. The first kappa shape index (κ1) is 15.6. The van der Waals surface area contributed by atoms with Crippen LogP contribution in [0.15, 0.2) is 18.2 Å². The molecular formula is C12H14Cl2F3N. The van der Waals surface area contributed by atoms with Gasteiger partial charge in [-0.2, -0.15) is 13.2 Å². The lowest BCUT2D eigenvalue weighted by molar-refractivity contribution is -0.139. The molecule has 1 unspecified atom stereocenters. The number of hydrogen-bond acceptors (Lipinski definition) is 1. The van der Waals surface area contributed by atoms with Gasteiger partial charge in [0.05, 0.1) is 6.42 Å². The third-order valence-corrected chi connectivity index (χ3v) is 3.05. The van der Waals surface area contributed by atoms with Crippen molar-refractivity contribution in [3.8, 4) is 0 Å². The first-order valence-electron chi connectivity index (χ1n) is 5.56. The van der Waals surface area contributed by atoms with E-state index in [2.05, 4.69) is 5.32 Å². The molecule has 1 aromatic carbocycles. The fraction of sp³-hybridized carbons (Fsp3) is 0.500. The largest absolute Gasteiger partial charge is 0.390 e. The van der Waals surface area contributed by atoms with Gasteiger partial charge in [-0.05, 0) is 36.7 Å². The monoisotopic (exact) mass is 299 g/mol. The van der Waals surface area contributed by atoms with Gasteiger partial charge in [0, 0.05) is 16.1 Å². The molecule has 1 rings (SSSR count). The molecular weight excluding hydrogens is 286 g/mol. The van der Waals surface area contributed by atoms with Crippen molar-refractivity contribution < 1.29 is 13.2 Å². The lowest BCUT2D eigenvalue weighted by Gasteiger charge is -2.20. The number of halogens is 5. The van der Waals surface area contributed by atoms with Gasteiger partial charge in [0.15, 0.2) is 0 Å². The van der Waals surface area contributed by atoms with E-state index in [1.807, 2.05) is 0 Å². The molecule has 1 atom stereocenters. The van der Waals surface area contributed by atoms with Gasteiger partial charge in [0.25, 0.3) is 0 Å². The molecule has 0 spiro atoms. The molecule has 0 bridgehead atoms. The van der Waals surface area contributed by atoms with Crippen LogP contribution in [0.4, 0.5) is 13.2 Å². The van der Waals surface area contributed by atoms with E-state index in [-0.39, 0.29) is 6.42 Å². The molecule has 0 aromatic heterocycles. The van der Waals surface area contributed by atoms with Crippen LogP contribution in [0.2, 0.25) is 10.0 Å². The van der Waals surface area contributed by atoms with Gasteiger partial charge in [0.2, 0.25) is 0 Å². The summed E-state index contributed by atoms with van der Waals surface area (Å²) in [6.07, 6.45) is -4.88. The second kappa shape index (κ2) is 6.64. The quantitative estimate of drug-likeness (QED) is 0.846. The molecule has 18 heavy (non-hydrogen) atoms. The Labute approximate surface area is 114 Å². The maximum atomic E-state index is 12.4. The van der Waals surface area contributed by atoms with Crippen LogP contribution in [0, 0.1) is 0 Å². The molecule has 0 aliphatic carbocycles. The fourth-order valence-corrected chi connectivity index (χ4v) is 2.14. The van der Waals surface area contributed by atoms with Crippen molar-refractivity contribution in [2.75, 3.05) is 6.54 Å². The van der Waals surface area contributed by atoms with Crippen LogP contribution < -0.4 is 5.32 Å². The van der Waals surface area contributed by atoms with Gasteiger partial charge >= 0.3 is 6.18 Å². The number of likely N-dealkylation sites (N-methyl/N-ethyl adjacent to an activating group) is 1. The minimum absolute atomic E-state index is 0.201. The Hall–Kier alpha value is -0.450. The lowest BCUT2D eigenvalue weighted by Crippen LogP contribution is -2.35. The molecule has 6 heteroatoms. The predicted octanol–water partition coefficient (Wildman–Crippen LogP) is 4.47. The fourth-order valence-electron chi connectivity index (χ4n) is 1.75. The topological polar surface area (TPSA) is 12.0 Å². The van der Waals surface area contributed by atoms with Crippen LogP contribution >= 0.6 is 23.2 Å². The van der Waals surface area contributed by atoms with Crippen molar-refractivity contribution in [1.82, 2.24) is 5.32 Å². The third-order valence-electron chi connectivity index (χ3n) is 2.44. The Balaban J connectivity index is 2.79. The van der Waals surface area contributed by atoms with Crippen molar-refractivity contribution in [2.24, 2.45) is 0 Å². The number of nitrogens with one attached hydrogen (secondary N) is 1. The van der Waals surface area contributed by atoms with E-state index in [1.165, 1.54) is 0 Å². The van der Waals surface area contributed by atoms with E-state index in [4.69, 9.17) is 23.2 Å². The van der Waals surface area contributed by atoms with E-state index in [0.717, 1.165) is 0 Å². The van der Waals surface area contributed by atoms with E-state index in [9.17, 15) is 13.2 Å². The molecule has 0 saturated carbocycles. The molecule has 0 radical (unpaired) electrons. The van der Waals surface area contributed by atoms with E-state index < -0.39 is 18.6 Å².